The first-order valence-electron chi connectivity index (χ1n) is 10.1. The molecule has 0 saturated carbocycles. The van der Waals surface area contributed by atoms with Gasteiger partial charge in [-0.25, -0.2) is 10.9 Å². The molecule has 1 atom stereocenters. The number of hydrazone groups is 2. The van der Waals surface area contributed by atoms with Crippen LogP contribution in [0, 0.1) is 0 Å². The van der Waals surface area contributed by atoms with Crippen LogP contribution in [-0.2, 0) is 27.5 Å². The smallest absolute Gasteiger partial charge is 0.759 e. The van der Waals surface area contributed by atoms with Gasteiger partial charge in [-0.05, 0) is 38.1 Å². The minimum Gasteiger partial charge on any atom is -0.759 e. The Kier molecular flexibility index (Phi) is 12.4. The van der Waals surface area contributed by atoms with Gasteiger partial charge in [-0.3, -0.25) is 18.0 Å². The van der Waals surface area contributed by atoms with Crippen molar-refractivity contribution in [3.63, 3.8) is 0 Å². The normalized spacial score (nSPS) is 15.2. The third kappa shape index (κ3) is 11.2. The fraction of sp³-hybridized carbons (Fsp3) is 0.130. The number of hydrogen-bond acceptors (Lipinski definition) is 8. The molecule has 1 aliphatic heterocycles. The Balaban J connectivity index is 0.000000983. The summed E-state index contributed by atoms with van der Waals surface area (Å²) in [4.78, 5) is 24.3. The van der Waals surface area contributed by atoms with E-state index in [0.29, 0.717) is 28.2 Å². The molecule has 2 aromatic carbocycles. The average molecular weight is 552 g/mol. The van der Waals surface area contributed by atoms with Crippen molar-refractivity contribution in [1.29, 1.82) is 0 Å². The quantitative estimate of drug-likeness (QED) is 0.183. The number of carbonyl (C=O) groups excluding carboxylic acids is 2. The molecule has 1 aliphatic rings. The predicted molar refractivity (Wildman–Crippen MR) is 129 cm³/mol. The van der Waals surface area contributed by atoms with Crippen LogP contribution in [0.15, 0.2) is 94.8 Å². The molecule has 0 aliphatic carbocycles. The maximum Gasteiger partial charge on any atom is 3.00 e. The van der Waals surface area contributed by atoms with Crippen molar-refractivity contribution in [2.45, 2.75) is 19.9 Å². The molecule has 0 spiro atoms. The molecule has 2 aromatic rings. The SMILES string of the molecule is C/C(=N\NC(=O)c1ccccc1)C1=CC=CC(/C(C)=N/NC(=O)c2ccccc2)[N-]1.O=S(=O)([O-])[O-].[Fe+3]. The standard InChI is InChI=1S/C23H22N5O2.Fe.H2O4S/c1-16(25-27-22(29)18-10-5-3-6-11-18)20-14-9-15-21(24-20)17(2)26-28-23(30)19-12-7-4-8-13-19;;1-5(2,3)4/h3-15,20H,1-2H3,(H,27,29)(H,28,30);;(H2,1,2,3,4)/q-1;+3;/p-2/b25-16+,26-17+;;. The zero-order valence-corrected chi connectivity index (χ0v) is 21.1. The van der Waals surface area contributed by atoms with E-state index in [9.17, 15) is 9.59 Å². The molecule has 11 nitrogen and oxygen atoms in total. The van der Waals surface area contributed by atoms with E-state index >= 15 is 0 Å². The number of hydrogen-bond donors (Lipinski definition) is 2. The topological polar surface area (TPSA) is 177 Å². The van der Waals surface area contributed by atoms with Crippen LogP contribution in [-0.4, -0.2) is 46.8 Å². The molecule has 2 amide bonds. The summed E-state index contributed by atoms with van der Waals surface area (Å²) in [5, 5.41) is 12.9. The predicted octanol–water partition coefficient (Wildman–Crippen LogP) is 2.45. The van der Waals surface area contributed by atoms with Gasteiger partial charge in [0.05, 0.1) is 0 Å². The fourth-order valence-electron chi connectivity index (χ4n) is 2.64. The van der Waals surface area contributed by atoms with E-state index < -0.39 is 10.4 Å². The second-order valence-corrected chi connectivity index (χ2v) is 7.80. The maximum absolute atomic E-state index is 12.1. The average Bonchev–Trinajstić information content (AvgIpc) is 2.85. The van der Waals surface area contributed by atoms with Crippen molar-refractivity contribution >= 4 is 33.6 Å². The molecule has 1 heterocycles. The molecule has 0 fully saturated rings. The molecular weight excluding hydrogens is 530 g/mol. The number of allylic oxidation sites excluding steroid dienone is 3. The Morgan fingerprint density at radius 1 is 0.861 bits per heavy atom. The Labute approximate surface area is 219 Å². The van der Waals surface area contributed by atoms with Crippen molar-refractivity contribution in [1.82, 2.24) is 10.9 Å². The summed E-state index contributed by atoms with van der Waals surface area (Å²) in [6, 6.07) is 17.4. The molecule has 0 aromatic heterocycles. The summed E-state index contributed by atoms with van der Waals surface area (Å²) in [5.74, 6) is -0.577. The minimum absolute atomic E-state index is 0. The minimum atomic E-state index is -5.17. The van der Waals surface area contributed by atoms with Crippen LogP contribution in [0.4, 0.5) is 0 Å². The number of rotatable bonds is 6. The Bertz CT molecular complexity index is 1250. The van der Waals surface area contributed by atoms with E-state index in [1.54, 1.807) is 68.5 Å². The first kappa shape index (κ1) is 30.4. The van der Waals surface area contributed by atoms with Crippen molar-refractivity contribution in [3.8, 4) is 0 Å². The molecular formula is C23H22FeN5O6S. The molecule has 0 bridgehead atoms. The molecule has 189 valence electrons. The van der Waals surface area contributed by atoms with Crippen molar-refractivity contribution in [3.05, 3.63) is 101 Å². The van der Waals surface area contributed by atoms with E-state index in [-0.39, 0.29) is 34.9 Å². The third-order valence-corrected chi connectivity index (χ3v) is 4.36. The van der Waals surface area contributed by atoms with E-state index in [2.05, 4.69) is 26.4 Å². The van der Waals surface area contributed by atoms with Gasteiger partial charge in [0, 0.05) is 32.9 Å². The van der Waals surface area contributed by atoms with Gasteiger partial charge in [0.25, 0.3) is 11.8 Å². The molecule has 2 N–H and O–H groups in total. The third-order valence-electron chi connectivity index (χ3n) is 4.36. The van der Waals surface area contributed by atoms with Crippen LogP contribution >= 0.6 is 0 Å². The maximum atomic E-state index is 12.1. The first-order valence-corrected chi connectivity index (χ1v) is 11.4. The van der Waals surface area contributed by atoms with Crippen LogP contribution in [0.2, 0.25) is 0 Å². The van der Waals surface area contributed by atoms with E-state index in [0.717, 1.165) is 0 Å². The largest absolute Gasteiger partial charge is 3.00 e. The number of carbonyl (C=O) groups is 2. The molecule has 1 radical (unpaired) electrons. The molecule has 1 unspecified atom stereocenters. The van der Waals surface area contributed by atoms with Crippen molar-refractivity contribution < 1.29 is 44.2 Å². The summed E-state index contributed by atoms with van der Waals surface area (Å²) in [7, 11) is -5.17. The Morgan fingerprint density at radius 3 is 1.78 bits per heavy atom. The summed E-state index contributed by atoms with van der Waals surface area (Å²) in [6.07, 6.45) is 5.52. The van der Waals surface area contributed by atoms with Crippen molar-refractivity contribution in [2.75, 3.05) is 0 Å². The van der Waals surface area contributed by atoms with E-state index in [1.807, 2.05) is 24.3 Å². The number of nitrogens with one attached hydrogen (secondary N) is 2. The fourth-order valence-corrected chi connectivity index (χ4v) is 2.64. The molecule has 3 rings (SSSR count). The number of nitrogens with zero attached hydrogens (tertiary/aromatic N) is 3. The Hall–Kier alpha value is -3.61. The Morgan fingerprint density at radius 2 is 1.31 bits per heavy atom. The van der Waals surface area contributed by atoms with Gasteiger partial charge in [-0.15, -0.1) is 5.70 Å². The van der Waals surface area contributed by atoms with E-state index in [4.69, 9.17) is 17.5 Å². The van der Waals surface area contributed by atoms with Gasteiger partial charge >= 0.3 is 17.1 Å². The molecule has 13 heteroatoms. The van der Waals surface area contributed by atoms with Gasteiger partial charge < -0.3 is 14.4 Å². The van der Waals surface area contributed by atoms with Crippen LogP contribution < -0.4 is 10.9 Å². The summed E-state index contributed by atoms with van der Waals surface area (Å²) in [5.41, 5.74) is 7.96. The van der Waals surface area contributed by atoms with Crippen LogP contribution in [0.3, 0.4) is 0 Å². The van der Waals surface area contributed by atoms with Gasteiger partial charge in [-0.2, -0.15) is 10.2 Å². The second-order valence-electron chi connectivity index (χ2n) is 6.98. The zero-order valence-electron chi connectivity index (χ0n) is 19.1. The second kappa shape index (κ2) is 14.7. The van der Waals surface area contributed by atoms with Crippen LogP contribution in [0.25, 0.3) is 5.32 Å². The van der Waals surface area contributed by atoms with Crippen molar-refractivity contribution in [2.24, 2.45) is 10.2 Å². The van der Waals surface area contributed by atoms with Gasteiger partial charge in [-0.1, -0.05) is 60.7 Å². The summed E-state index contributed by atoms with van der Waals surface area (Å²) in [6.45, 7) is 3.55. The number of benzene rings is 2. The van der Waals surface area contributed by atoms with Gasteiger partial charge in [0.15, 0.2) is 0 Å². The molecule has 0 saturated heterocycles. The monoisotopic (exact) mass is 552 g/mol. The summed E-state index contributed by atoms with van der Waals surface area (Å²) < 4.78 is 34.1. The van der Waals surface area contributed by atoms with E-state index in [1.165, 1.54) is 0 Å². The first-order chi connectivity index (χ1) is 16.5. The summed E-state index contributed by atoms with van der Waals surface area (Å²) >= 11 is 0. The van der Waals surface area contributed by atoms with Crippen LogP contribution in [0.5, 0.6) is 0 Å². The van der Waals surface area contributed by atoms with Gasteiger partial charge in [0.2, 0.25) is 0 Å². The van der Waals surface area contributed by atoms with Crippen LogP contribution in [0.1, 0.15) is 34.6 Å². The number of amides is 2. The zero-order chi connectivity index (χ0) is 25.8. The molecule has 36 heavy (non-hydrogen) atoms. The van der Waals surface area contributed by atoms with Gasteiger partial charge in [0.1, 0.15) is 0 Å².